The van der Waals surface area contributed by atoms with Gasteiger partial charge < -0.3 is 15.8 Å². The second-order valence-corrected chi connectivity index (χ2v) is 5.29. The molecule has 0 aliphatic heterocycles. The third-order valence-corrected chi connectivity index (χ3v) is 3.37. The van der Waals surface area contributed by atoms with Crippen molar-refractivity contribution in [1.82, 2.24) is 9.97 Å². The van der Waals surface area contributed by atoms with E-state index in [1.165, 1.54) is 6.07 Å². The molecule has 5 nitrogen and oxygen atoms in total. The Labute approximate surface area is 130 Å². The van der Waals surface area contributed by atoms with Gasteiger partial charge in [-0.3, -0.25) is 0 Å². The minimum atomic E-state index is -0.348. The molecule has 112 valence electrons. The molecule has 1 aromatic carbocycles. The van der Waals surface area contributed by atoms with Crippen LogP contribution in [-0.4, -0.2) is 16.6 Å². The first-order valence-corrected chi connectivity index (χ1v) is 7.22. The van der Waals surface area contributed by atoms with E-state index in [1.54, 1.807) is 12.1 Å². The number of nitrogens with one attached hydrogen (secondary N) is 1. The van der Waals surface area contributed by atoms with Crippen LogP contribution >= 0.6 is 15.9 Å². The van der Waals surface area contributed by atoms with Crippen LogP contribution in [0.3, 0.4) is 0 Å². The molecule has 0 saturated heterocycles. The summed E-state index contributed by atoms with van der Waals surface area (Å²) in [6.45, 7) is 4.61. The standard InChI is InChI=1S/C14H16BrFN4O/c1-3-21-7-14-19-12(17)6-13(20-14)18-11-5-10(16)9(15)4-8(11)2/h4-6H,3,7H2,1-2H3,(H3,17,18,19,20). The van der Waals surface area contributed by atoms with Crippen molar-refractivity contribution in [2.45, 2.75) is 20.5 Å². The molecule has 21 heavy (non-hydrogen) atoms. The Hall–Kier alpha value is -1.73. The topological polar surface area (TPSA) is 73.1 Å². The first-order valence-electron chi connectivity index (χ1n) is 6.43. The summed E-state index contributed by atoms with van der Waals surface area (Å²) in [7, 11) is 0. The van der Waals surface area contributed by atoms with Gasteiger partial charge in [-0.05, 0) is 47.5 Å². The number of benzene rings is 1. The highest BCUT2D eigenvalue weighted by Gasteiger charge is 2.08. The average molecular weight is 355 g/mol. The molecule has 7 heteroatoms. The van der Waals surface area contributed by atoms with Crippen molar-refractivity contribution >= 4 is 33.3 Å². The summed E-state index contributed by atoms with van der Waals surface area (Å²) in [6.07, 6.45) is 0. The molecule has 0 aliphatic rings. The molecular formula is C14H16BrFN4O. The maximum absolute atomic E-state index is 13.6. The van der Waals surface area contributed by atoms with Gasteiger partial charge in [0.2, 0.25) is 0 Å². The second kappa shape index (κ2) is 6.82. The highest BCUT2D eigenvalue weighted by atomic mass is 79.9. The molecule has 0 aliphatic carbocycles. The molecule has 2 aromatic rings. The minimum Gasteiger partial charge on any atom is -0.384 e. The SMILES string of the molecule is CCOCc1nc(N)cc(Nc2cc(F)c(Br)cc2C)n1. The van der Waals surface area contributed by atoms with Gasteiger partial charge in [0.1, 0.15) is 24.1 Å². The number of nitrogen functional groups attached to an aromatic ring is 1. The maximum Gasteiger partial charge on any atom is 0.158 e. The Morgan fingerprint density at radius 1 is 1.33 bits per heavy atom. The van der Waals surface area contributed by atoms with E-state index < -0.39 is 0 Å². The average Bonchev–Trinajstić information content (AvgIpc) is 2.42. The summed E-state index contributed by atoms with van der Waals surface area (Å²) in [4.78, 5) is 8.39. The quantitative estimate of drug-likeness (QED) is 0.858. The monoisotopic (exact) mass is 354 g/mol. The largest absolute Gasteiger partial charge is 0.384 e. The zero-order valence-electron chi connectivity index (χ0n) is 11.8. The molecule has 0 unspecified atom stereocenters. The van der Waals surface area contributed by atoms with Crippen LogP contribution in [0.5, 0.6) is 0 Å². The first-order chi connectivity index (χ1) is 9.99. The number of aromatic nitrogens is 2. The number of anilines is 3. The summed E-state index contributed by atoms with van der Waals surface area (Å²) in [5, 5.41) is 3.05. The van der Waals surface area contributed by atoms with E-state index in [0.717, 1.165) is 5.56 Å². The molecule has 0 bridgehead atoms. The van der Waals surface area contributed by atoms with E-state index in [2.05, 4.69) is 31.2 Å². The fourth-order valence-electron chi connectivity index (χ4n) is 1.76. The smallest absolute Gasteiger partial charge is 0.158 e. The summed E-state index contributed by atoms with van der Waals surface area (Å²) < 4.78 is 19.3. The van der Waals surface area contributed by atoms with Crippen LogP contribution in [0.25, 0.3) is 0 Å². The number of rotatable bonds is 5. The lowest BCUT2D eigenvalue weighted by molar-refractivity contribution is 0.128. The lowest BCUT2D eigenvalue weighted by Crippen LogP contribution is -2.06. The van der Waals surface area contributed by atoms with Crippen molar-refractivity contribution in [2.24, 2.45) is 0 Å². The van der Waals surface area contributed by atoms with Crippen LogP contribution in [0.15, 0.2) is 22.7 Å². The fourth-order valence-corrected chi connectivity index (χ4v) is 2.22. The Bertz CT molecular complexity index is 651. The summed E-state index contributed by atoms with van der Waals surface area (Å²) in [5.74, 6) is 0.966. The van der Waals surface area contributed by atoms with E-state index in [9.17, 15) is 4.39 Å². The molecule has 0 atom stereocenters. The Kier molecular flexibility index (Phi) is 5.08. The van der Waals surface area contributed by atoms with Gasteiger partial charge in [-0.2, -0.15) is 0 Å². The van der Waals surface area contributed by atoms with Gasteiger partial charge in [0.25, 0.3) is 0 Å². The van der Waals surface area contributed by atoms with Crippen molar-refractivity contribution in [3.05, 3.63) is 39.9 Å². The lowest BCUT2D eigenvalue weighted by Gasteiger charge is -2.11. The maximum atomic E-state index is 13.6. The second-order valence-electron chi connectivity index (χ2n) is 4.44. The van der Waals surface area contributed by atoms with Gasteiger partial charge in [-0.25, -0.2) is 14.4 Å². The number of nitrogens with two attached hydrogens (primary N) is 1. The lowest BCUT2D eigenvalue weighted by atomic mass is 10.2. The Balaban J connectivity index is 2.27. The highest BCUT2D eigenvalue weighted by Crippen LogP contribution is 2.26. The van der Waals surface area contributed by atoms with Crippen molar-refractivity contribution < 1.29 is 9.13 Å². The zero-order valence-corrected chi connectivity index (χ0v) is 13.4. The third-order valence-electron chi connectivity index (χ3n) is 2.76. The number of ether oxygens (including phenoxy) is 1. The molecule has 1 heterocycles. The molecule has 2 rings (SSSR count). The van der Waals surface area contributed by atoms with Gasteiger partial charge in [0, 0.05) is 18.4 Å². The van der Waals surface area contributed by atoms with Crippen LogP contribution in [0.4, 0.5) is 21.7 Å². The Morgan fingerprint density at radius 2 is 2.10 bits per heavy atom. The molecular weight excluding hydrogens is 339 g/mol. The Morgan fingerprint density at radius 3 is 2.81 bits per heavy atom. The molecule has 0 amide bonds. The number of hydrogen-bond donors (Lipinski definition) is 2. The molecule has 0 radical (unpaired) electrons. The van der Waals surface area contributed by atoms with Gasteiger partial charge in [0.05, 0.1) is 4.47 Å². The van der Waals surface area contributed by atoms with Crippen LogP contribution in [0.1, 0.15) is 18.3 Å². The summed E-state index contributed by atoms with van der Waals surface area (Å²) in [6, 6.07) is 4.69. The van der Waals surface area contributed by atoms with Crippen LogP contribution in [-0.2, 0) is 11.3 Å². The number of nitrogens with zero attached hydrogens (tertiary/aromatic N) is 2. The van der Waals surface area contributed by atoms with E-state index in [0.29, 0.717) is 34.2 Å². The minimum absolute atomic E-state index is 0.282. The van der Waals surface area contributed by atoms with E-state index >= 15 is 0 Å². The van der Waals surface area contributed by atoms with Crippen molar-refractivity contribution in [3.8, 4) is 0 Å². The molecule has 3 N–H and O–H groups in total. The summed E-state index contributed by atoms with van der Waals surface area (Å²) in [5.41, 5.74) is 7.25. The van der Waals surface area contributed by atoms with Crippen LogP contribution < -0.4 is 11.1 Å². The zero-order chi connectivity index (χ0) is 15.4. The van der Waals surface area contributed by atoms with Gasteiger partial charge in [-0.15, -0.1) is 0 Å². The number of halogens is 2. The van der Waals surface area contributed by atoms with Gasteiger partial charge in [0.15, 0.2) is 5.82 Å². The van der Waals surface area contributed by atoms with Crippen molar-refractivity contribution in [1.29, 1.82) is 0 Å². The van der Waals surface area contributed by atoms with Gasteiger partial charge >= 0.3 is 0 Å². The third kappa shape index (κ3) is 4.12. The van der Waals surface area contributed by atoms with Gasteiger partial charge in [-0.1, -0.05) is 0 Å². The molecule has 0 fully saturated rings. The predicted molar refractivity (Wildman–Crippen MR) is 83.9 cm³/mol. The predicted octanol–water partition coefficient (Wildman–Crippen LogP) is 3.55. The van der Waals surface area contributed by atoms with Crippen LogP contribution in [0, 0.1) is 12.7 Å². The molecule has 0 spiro atoms. The van der Waals surface area contributed by atoms with Crippen LogP contribution in [0.2, 0.25) is 0 Å². The fraction of sp³-hybridized carbons (Fsp3) is 0.286. The number of aryl methyl sites for hydroxylation is 1. The molecule has 0 saturated carbocycles. The van der Waals surface area contributed by atoms with Crippen molar-refractivity contribution in [2.75, 3.05) is 17.7 Å². The first kappa shape index (κ1) is 15.7. The van der Waals surface area contributed by atoms with Crippen molar-refractivity contribution in [3.63, 3.8) is 0 Å². The van der Waals surface area contributed by atoms with E-state index in [1.807, 2.05) is 13.8 Å². The van der Waals surface area contributed by atoms with E-state index in [-0.39, 0.29) is 12.4 Å². The summed E-state index contributed by atoms with van der Waals surface area (Å²) >= 11 is 3.15. The molecule has 1 aromatic heterocycles. The normalized spacial score (nSPS) is 10.7. The number of hydrogen-bond acceptors (Lipinski definition) is 5. The van der Waals surface area contributed by atoms with E-state index in [4.69, 9.17) is 10.5 Å². The highest BCUT2D eigenvalue weighted by molar-refractivity contribution is 9.10.